The van der Waals surface area contributed by atoms with Crippen LogP contribution in [0.4, 0.5) is 13.2 Å². The summed E-state index contributed by atoms with van der Waals surface area (Å²) in [6.45, 7) is -0.941. The van der Waals surface area contributed by atoms with Crippen molar-refractivity contribution in [1.82, 2.24) is 9.88 Å². The number of nitrogens with two attached hydrogens (primary N) is 1. The molecule has 24 heavy (non-hydrogen) atoms. The summed E-state index contributed by atoms with van der Waals surface area (Å²) in [5, 5.41) is 0. The monoisotopic (exact) mass is 345 g/mol. The smallest absolute Gasteiger partial charge is 0.422 e. The summed E-state index contributed by atoms with van der Waals surface area (Å²) in [6.07, 6.45) is -0.776. The van der Waals surface area contributed by atoms with E-state index in [1.807, 2.05) is 0 Å². The molecule has 1 aromatic heterocycles. The van der Waals surface area contributed by atoms with Crippen LogP contribution < -0.4 is 10.5 Å². The number of carbonyl (C=O) groups is 2. The van der Waals surface area contributed by atoms with Crippen LogP contribution in [0.25, 0.3) is 0 Å². The third kappa shape index (κ3) is 5.10. The number of hydrogen-bond acceptors (Lipinski definition) is 4. The average Bonchev–Trinajstić information content (AvgIpc) is 2.52. The number of aromatic nitrogens is 1. The normalized spacial score (nSPS) is 18.3. The van der Waals surface area contributed by atoms with Crippen molar-refractivity contribution in [1.29, 1.82) is 0 Å². The predicted octanol–water partition coefficient (Wildman–Crippen LogP) is 1.89. The first-order valence-electron chi connectivity index (χ1n) is 7.51. The molecule has 0 bridgehead atoms. The second-order valence-electron chi connectivity index (χ2n) is 5.61. The second kappa shape index (κ2) is 7.50. The zero-order valence-electron chi connectivity index (χ0n) is 12.9. The van der Waals surface area contributed by atoms with Crippen LogP contribution in [0, 0.1) is 0 Å². The molecule has 0 saturated carbocycles. The number of hydrogen-bond donors (Lipinski definition) is 1. The van der Waals surface area contributed by atoms with Gasteiger partial charge >= 0.3 is 6.18 Å². The fourth-order valence-corrected chi connectivity index (χ4v) is 2.63. The van der Waals surface area contributed by atoms with Gasteiger partial charge in [-0.1, -0.05) is 0 Å². The fourth-order valence-electron chi connectivity index (χ4n) is 2.63. The minimum atomic E-state index is -4.45. The number of carbonyl (C=O) groups excluding carboxylic acids is 2. The Morgan fingerprint density at radius 1 is 1.33 bits per heavy atom. The lowest BCUT2D eigenvalue weighted by atomic mass is 9.98. The van der Waals surface area contributed by atoms with E-state index in [-0.39, 0.29) is 29.8 Å². The Morgan fingerprint density at radius 2 is 2.08 bits per heavy atom. The summed E-state index contributed by atoms with van der Waals surface area (Å²) in [5.41, 5.74) is 5.44. The van der Waals surface area contributed by atoms with Gasteiger partial charge in [-0.25, -0.2) is 4.98 Å². The second-order valence-corrected chi connectivity index (χ2v) is 5.61. The topological polar surface area (TPSA) is 85.5 Å². The van der Waals surface area contributed by atoms with Crippen LogP contribution in [0.3, 0.4) is 0 Å². The number of primary amides is 1. The molecular formula is C15H18F3N3O3. The summed E-state index contributed by atoms with van der Waals surface area (Å²) < 4.78 is 40.8. The molecule has 1 aliphatic rings. The number of nitrogens with zero attached hydrogens (tertiary/aromatic N) is 2. The van der Waals surface area contributed by atoms with Gasteiger partial charge in [0, 0.05) is 31.3 Å². The molecule has 1 aliphatic heterocycles. The third-order valence-electron chi connectivity index (χ3n) is 3.69. The van der Waals surface area contributed by atoms with E-state index >= 15 is 0 Å². The molecular weight excluding hydrogens is 327 g/mol. The molecule has 2 rings (SSSR count). The summed E-state index contributed by atoms with van der Waals surface area (Å²) in [4.78, 5) is 29.0. The SMILES string of the molecule is NC(=O)C[C@@H]1CCCCN1C(=O)c1ccc(OCC(F)(F)F)nc1. The Bertz CT molecular complexity index is 590. The molecule has 6 nitrogen and oxygen atoms in total. The molecule has 1 saturated heterocycles. The molecule has 2 N–H and O–H groups in total. The predicted molar refractivity (Wildman–Crippen MR) is 78.3 cm³/mol. The first kappa shape index (κ1) is 18.0. The Morgan fingerprint density at radius 3 is 2.67 bits per heavy atom. The highest BCUT2D eigenvalue weighted by molar-refractivity contribution is 5.94. The van der Waals surface area contributed by atoms with E-state index in [4.69, 9.17) is 5.73 Å². The van der Waals surface area contributed by atoms with Crippen LogP contribution in [0.5, 0.6) is 5.88 Å². The Hall–Kier alpha value is -2.32. The number of ether oxygens (including phenoxy) is 1. The number of alkyl halides is 3. The van der Waals surface area contributed by atoms with Crippen LogP contribution in [0.1, 0.15) is 36.0 Å². The van der Waals surface area contributed by atoms with Crippen LogP contribution in [0.15, 0.2) is 18.3 Å². The molecule has 1 aromatic rings. The maximum Gasteiger partial charge on any atom is 0.422 e. The van der Waals surface area contributed by atoms with E-state index in [0.29, 0.717) is 13.0 Å². The van der Waals surface area contributed by atoms with Crippen molar-refractivity contribution in [3.8, 4) is 5.88 Å². The van der Waals surface area contributed by atoms with E-state index in [1.54, 1.807) is 4.90 Å². The van der Waals surface area contributed by atoms with Gasteiger partial charge in [-0.2, -0.15) is 13.2 Å². The van der Waals surface area contributed by atoms with E-state index in [0.717, 1.165) is 12.8 Å². The third-order valence-corrected chi connectivity index (χ3v) is 3.69. The van der Waals surface area contributed by atoms with Gasteiger partial charge in [0.05, 0.1) is 5.56 Å². The minimum absolute atomic E-state index is 0.0892. The first-order chi connectivity index (χ1) is 11.3. The summed E-state index contributed by atoms with van der Waals surface area (Å²) in [5.74, 6) is -1.01. The molecule has 0 spiro atoms. The first-order valence-corrected chi connectivity index (χ1v) is 7.51. The summed E-state index contributed by atoms with van der Waals surface area (Å²) >= 11 is 0. The minimum Gasteiger partial charge on any atom is -0.468 e. The zero-order valence-corrected chi connectivity index (χ0v) is 12.9. The van der Waals surface area contributed by atoms with Crippen molar-refractivity contribution < 1.29 is 27.5 Å². The molecule has 1 fully saturated rings. The van der Waals surface area contributed by atoms with E-state index in [1.165, 1.54) is 18.3 Å². The molecule has 0 aliphatic carbocycles. The van der Waals surface area contributed by atoms with Gasteiger partial charge in [-0.05, 0) is 25.3 Å². The average molecular weight is 345 g/mol. The van der Waals surface area contributed by atoms with Crippen LogP contribution in [-0.2, 0) is 4.79 Å². The molecule has 1 atom stereocenters. The van der Waals surface area contributed by atoms with Crippen molar-refractivity contribution in [2.45, 2.75) is 37.9 Å². The zero-order chi connectivity index (χ0) is 17.7. The standard InChI is InChI=1S/C15H18F3N3O3/c16-15(17,18)9-24-13-5-4-10(8-20-13)14(23)21-6-2-1-3-11(21)7-12(19)22/h4-5,8,11H,1-3,6-7,9H2,(H2,19,22)/t11-/m0/s1. The van der Waals surface area contributed by atoms with Crippen molar-refractivity contribution in [2.75, 3.05) is 13.2 Å². The molecule has 2 heterocycles. The molecule has 0 radical (unpaired) electrons. The van der Waals surface area contributed by atoms with Crippen molar-refractivity contribution >= 4 is 11.8 Å². The summed E-state index contributed by atoms with van der Waals surface area (Å²) in [6, 6.07) is 2.31. The maximum absolute atomic E-state index is 12.5. The molecule has 0 aromatic carbocycles. The number of halogens is 3. The van der Waals surface area contributed by atoms with Crippen molar-refractivity contribution in [3.63, 3.8) is 0 Å². The van der Waals surface area contributed by atoms with Gasteiger partial charge in [0.1, 0.15) is 0 Å². The highest BCUT2D eigenvalue weighted by Crippen LogP contribution is 2.22. The molecule has 0 unspecified atom stereocenters. The number of likely N-dealkylation sites (tertiary alicyclic amines) is 1. The maximum atomic E-state index is 12.5. The van der Waals surface area contributed by atoms with Gasteiger partial charge < -0.3 is 15.4 Å². The highest BCUT2D eigenvalue weighted by Gasteiger charge is 2.30. The number of piperidine rings is 1. The van der Waals surface area contributed by atoms with Gasteiger partial charge in [-0.15, -0.1) is 0 Å². The van der Waals surface area contributed by atoms with Crippen LogP contribution >= 0.6 is 0 Å². The van der Waals surface area contributed by atoms with Crippen molar-refractivity contribution in [2.24, 2.45) is 5.73 Å². The largest absolute Gasteiger partial charge is 0.468 e. The Labute approximate surface area is 136 Å². The lowest BCUT2D eigenvalue weighted by molar-refractivity contribution is -0.154. The van der Waals surface area contributed by atoms with Crippen LogP contribution in [-0.4, -0.2) is 47.1 Å². The van der Waals surface area contributed by atoms with E-state index < -0.39 is 18.7 Å². The summed E-state index contributed by atoms with van der Waals surface area (Å²) in [7, 11) is 0. The Balaban J connectivity index is 2.04. The lowest BCUT2D eigenvalue weighted by Gasteiger charge is -2.35. The molecule has 9 heteroatoms. The number of pyridine rings is 1. The number of amides is 2. The van der Waals surface area contributed by atoms with Gasteiger partial charge in [0.2, 0.25) is 11.8 Å². The van der Waals surface area contributed by atoms with Gasteiger partial charge in [0.15, 0.2) is 6.61 Å². The van der Waals surface area contributed by atoms with Gasteiger partial charge in [0.25, 0.3) is 5.91 Å². The molecule has 2 amide bonds. The van der Waals surface area contributed by atoms with E-state index in [9.17, 15) is 22.8 Å². The molecule has 132 valence electrons. The fraction of sp³-hybridized carbons (Fsp3) is 0.533. The van der Waals surface area contributed by atoms with E-state index in [2.05, 4.69) is 9.72 Å². The Kier molecular flexibility index (Phi) is 5.63. The highest BCUT2D eigenvalue weighted by atomic mass is 19.4. The number of rotatable bonds is 5. The van der Waals surface area contributed by atoms with Crippen molar-refractivity contribution in [3.05, 3.63) is 23.9 Å². The quantitative estimate of drug-likeness (QED) is 0.883. The van der Waals surface area contributed by atoms with Crippen LogP contribution in [0.2, 0.25) is 0 Å². The lowest BCUT2D eigenvalue weighted by Crippen LogP contribution is -2.45. The van der Waals surface area contributed by atoms with Gasteiger partial charge in [-0.3, -0.25) is 9.59 Å².